The smallest absolute Gasteiger partial charge is 0.317 e. The predicted molar refractivity (Wildman–Crippen MR) is 101 cm³/mol. The van der Waals surface area contributed by atoms with Gasteiger partial charge in [-0.15, -0.1) is 0 Å². The van der Waals surface area contributed by atoms with Crippen LogP contribution in [0.5, 0.6) is 0 Å². The van der Waals surface area contributed by atoms with E-state index in [2.05, 4.69) is 20.6 Å². The van der Waals surface area contributed by atoms with E-state index in [1.807, 2.05) is 15.9 Å². The van der Waals surface area contributed by atoms with E-state index in [1.165, 1.54) is 6.07 Å². The summed E-state index contributed by atoms with van der Waals surface area (Å²) in [5.41, 5.74) is 0.600. The van der Waals surface area contributed by atoms with Crippen molar-refractivity contribution in [3.8, 4) is 0 Å². The van der Waals surface area contributed by atoms with Gasteiger partial charge in [0.25, 0.3) is 0 Å². The third-order valence-electron chi connectivity index (χ3n) is 5.08. The van der Waals surface area contributed by atoms with Crippen LogP contribution in [-0.4, -0.2) is 59.2 Å². The van der Waals surface area contributed by atoms with E-state index < -0.39 is 0 Å². The predicted octanol–water partition coefficient (Wildman–Crippen LogP) is 2.09. The number of likely N-dealkylation sites (tertiary alicyclic amines) is 1. The van der Waals surface area contributed by atoms with Crippen LogP contribution in [0.1, 0.15) is 12.8 Å². The van der Waals surface area contributed by atoms with Gasteiger partial charge in [0.15, 0.2) is 0 Å². The molecular formula is C19H23FN6O. The number of benzene rings is 1. The fraction of sp³-hybridized carbons (Fsp3) is 0.421. The summed E-state index contributed by atoms with van der Waals surface area (Å²) in [6, 6.07) is 8.65. The minimum atomic E-state index is -0.221. The Hall–Kier alpha value is -2.90. The van der Waals surface area contributed by atoms with Crippen molar-refractivity contribution in [1.82, 2.24) is 20.2 Å². The molecule has 8 heteroatoms. The lowest BCUT2D eigenvalue weighted by Gasteiger charge is -2.22. The van der Waals surface area contributed by atoms with E-state index in [9.17, 15) is 9.18 Å². The number of aromatic nitrogens is 2. The normalized spacial score (nSPS) is 22.1. The SMILES string of the molecule is O=C(NC1CCN(c2ccccc2F)C1)N1CCC(Nc2ncccn2)C1. The molecule has 2 N–H and O–H groups in total. The lowest BCUT2D eigenvalue weighted by Crippen LogP contribution is -2.45. The molecule has 2 aliphatic rings. The number of rotatable bonds is 4. The van der Waals surface area contributed by atoms with Gasteiger partial charge in [-0.3, -0.25) is 0 Å². The van der Waals surface area contributed by atoms with E-state index in [0.29, 0.717) is 31.3 Å². The molecule has 4 rings (SSSR count). The number of hydrogen-bond acceptors (Lipinski definition) is 5. The molecule has 2 fully saturated rings. The molecule has 3 heterocycles. The van der Waals surface area contributed by atoms with Gasteiger partial charge in [0.05, 0.1) is 5.69 Å². The average Bonchev–Trinajstić information content (AvgIpc) is 3.33. The van der Waals surface area contributed by atoms with Crippen molar-refractivity contribution >= 4 is 17.7 Å². The van der Waals surface area contributed by atoms with Crippen molar-refractivity contribution in [1.29, 1.82) is 0 Å². The lowest BCUT2D eigenvalue weighted by molar-refractivity contribution is 0.205. The number of carbonyl (C=O) groups is 1. The van der Waals surface area contributed by atoms with Crippen LogP contribution in [0.25, 0.3) is 0 Å². The molecule has 0 spiro atoms. The molecule has 0 bridgehead atoms. The van der Waals surface area contributed by atoms with Gasteiger partial charge < -0.3 is 20.4 Å². The molecule has 0 saturated carbocycles. The van der Waals surface area contributed by atoms with E-state index in [0.717, 1.165) is 19.4 Å². The highest BCUT2D eigenvalue weighted by Gasteiger charge is 2.30. The zero-order valence-corrected chi connectivity index (χ0v) is 15.0. The molecule has 142 valence electrons. The maximum atomic E-state index is 13.9. The number of anilines is 2. The molecule has 1 aromatic carbocycles. The fourth-order valence-electron chi connectivity index (χ4n) is 3.69. The van der Waals surface area contributed by atoms with E-state index >= 15 is 0 Å². The quantitative estimate of drug-likeness (QED) is 0.862. The molecular weight excluding hydrogens is 347 g/mol. The van der Waals surface area contributed by atoms with Crippen molar-refractivity contribution < 1.29 is 9.18 Å². The van der Waals surface area contributed by atoms with Crippen molar-refractivity contribution in [2.75, 3.05) is 36.4 Å². The first kappa shape index (κ1) is 17.5. The summed E-state index contributed by atoms with van der Waals surface area (Å²) >= 11 is 0. The van der Waals surface area contributed by atoms with Gasteiger partial charge in [0.1, 0.15) is 5.82 Å². The van der Waals surface area contributed by atoms with Gasteiger partial charge >= 0.3 is 6.03 Å². The standard InChI is InChI=1S/C19H23FN6O/c20-16-4-1-2-5-17(16)25-10-6-15(12-25)24-19(27)26-11-7-14(13-26)23-18-21-8-3-9-22-18/h1-5,8-9,14-15H,6-7,10-13H2,(H,24,27)(H,21,22,23). The summed E-state index contributed by atoms with van der Waals surface area (Å²) in [6.07, 6.45) is 5.05. The molecule has 2 atom stereocenters. The van der Waals surface area contributed by atoms with Crippen molar-refractivity contribution in [2.45, 2.75) is 24.9 Å². The number of nitrogens with one attached hydrogen (secondary N) is 2. The molecule has 7 nitrogen and oxygen atoms in total. The van der Waals surface area contributed by atoms with Crippen LogP contribution in [0.4, 0.5) is 20.8 Å². The Balaban J connectivity index is 1.27. The van der Waals surface area contributed by atoms with Gasteiger partial charge in [-0.05, 0) is 31.0 Å². The molecule has 0 aliphatic carbocycles. The Labute approximate surface area is 157 Å². The molecule has 2 aliphatic heterocycles. The molecule has 2 aromatic rings. The number of carbonyl (C=O) groups excluding carboxylic acids is 1. The zero-order chi connectivity index (χ0) is 18.6. The van der Waals surface area contributed by atoms with Crippen LogP contribution >= 0.6 is 0 Å². The molecule has 0 radical (unpaired) electrons. The monoisotopic (exact) mass is 370 g/mol. The Bertz CT molecular complexity index is 789. The fourth-order valence-corrected chi connectivity index (χ4v) is 3.69. The molecule has 2 unspecified atom stereocenters. The highest BCUT2D eigenvalue weighted by atomic mass is 19.1. The first-order valence-corrected chi connectivity index (χ1v) is 9.27. The highest BCUT2D eigenvalue weighted by molar-refractivity contribution is 5.75. The van der Waals surface area contributed by atoms with Crippen LogP contribution < -0.4 is 15.5 Å². The Morgan fingerprint density at radius 3 is 2.63 bits per heavy atom. The number of nitrogens with zero attached hydrogens (tertiary/aromatic N) is 4. The van der Waals surface area contributed by atoms with Crippen molar-refractivity contribution in [2.24, 2.45) is 0 Å². The van der Waals surface area contributed by atoms with Gasteiger partial charge in [-0.1, -0.05) is 12.1 Å². The Kier molecular flexibility index (Phi) is 5.04. The lowest BCUT2D eigenvalue weighted by atomic mass is 10.2. The molecule has 1 aromatic heterocycles. The van der Waals surface area contributed by atoms with Gasteiger partial charge in [-0.2, -0.15) is 0 Å². The summed E-state index contributed by atoms with van der Waals surface area (Å²) in [4.78, 5) is 24.7. The van der Waals surface area contributed by atoms with Gasteiger partial charge in [-0.25, -0.2) is 19.2 Å². The second-order valence-corrected chi connectivity index (χ2v) is 6.98. The van der Waals surface area contributed by atoms with Gasteiger partial charge in [0, 0.05) is 50.7 Å². The van der Waals surface area contributed by atoms with Crippen molar-refractivity contribution in [3.63, 3.8) is 0 Å². The van der Waals surface area contributed by atoms with Crippen LogP contribution in [0.15, 0.2) is 42.7 Å². The maximum absolute atomic E-state index is 13.9. The largest absolute Gasteiger partial charge is 0.367 e. The van der Waals surface area contributed by atoms with E-state index in [-0.39, 0.29) is 23.9 Å². The average molecular weight is 370 g/mol. The first-order chi connectivity index (χ1) is 13.2. The second-order valence-electron chi connectivity index (χ2n) is 6.98. The van der Waals surface area contributed by atoms with Crippen LogP contribution in [0.3, 0.4) is 0 Å². The minimum absolute atomic E-state index is 0.0292. The Morgan fingerprint density at radius 1 is 1.04 bits per heavy atom. The first-order valence-electron chi connectivity index (χ1n) is 9.27. The minimum Gasteiger partial charge on any atom is -0.367 e. The van der Waals surface area contributed by atoms with E-state index in [1.54, 1.807) is 30.6 Å². The number of amides is 2. The number of halogens is 1. The van der Waals surface area contributed by atoms with Crippen LogP contribution in [0, 0.1) is 5.82 Å². The molecule has 27 heavy (non-hydrogen) atoms. The molecule has 2 amide bonds. The van der Waals surface area contributed by atoms with E-state index in [4.69, 9.17) is 0 Å². The third kappa shape index (κ3) is 4.10. The van der Waals surface area contributed by atoms with Crippen LogP contribution in [-0.2, 0) is 0 Å². The highest BCUT2D eigenvalue weighted by Crippen LogP contribution is 2.23. The van der Waals surface area contributed by atoms with Crippen molar-refractivity contribution in [3.05, 3.63) is 48.5 Å². The molecule has 2 saturated heterocycles. The van der Waals surface area contributed by atoms with Gasteiger partial charge in [0.2, 0.25) is 5.95 Å². The topological polar surface area (TPSA) is 73.4 Å². The zero-order valence-electron chi connectivity index (χ0n) is 15.0. The second kappa shape index (κ2) is 7.77. The summed E-state index contributed by atoms with van der Waals surface area (Å²) < 4.78 is 13.9. The summed E-state index contributed by atoms with van der Waals surface area (Å²) in [7, 11) is 0. The third-order valence-corrected chi connectivity index (χ3v) is 5.08. The number of hydrogen-bond donors (Lipinski definition) is 2. The maximum Gasteiger partial charge on any atom is 0.317 e. The van der Waals surface area contributed by atoms with Crippen LogP contribution in [0.2, 0.25) is 0 Å². The number of urea groups is 1. The number of para-hydroxylation sites is 1. The summed E-state index contributed by atoms with van der Waals surface area (Å²) in [5.74, 6) is 0.363. The Morgan fingerprint density at radius 2 is 1.81 bits per heavy atom. The summed E-state index contributed by atoms with van der Waals surface area (Å²) in [5, 5.41) is 6.35. The summed E-state index contributed by atoms with van der Waals surface area (Å²) in [6.45, 7) is 2.68.